The average Bonchev–Trinajstić information content (AvgIpc) is 3.46. The van der Waals surface area contributed by atoms with Gasteiger partial charge in [-0.1, -0.05) is 49.9 Å². The third-order valence-corrected chi connectivity index (χ3v) is 6.45. The number of amides is 1. The summed E-state index contributed by atoms with van der Waals surface area (Å²) in [5.74, 6) is 2.91. The van der Waals surface area contributed by atoms with E-state index in [2.05, 4.69) is 29.4 Å². The molecule has 4 rings (SSSR count). The molecule has 0 saturated carbocycles. The first-order valence-electron chi connectivity index (χ1n) is 11.7. The Hall–Kier alpha value is -3.33. The standard InChI is InChI=1S/C26H30N4O4S/c1-17(2)13-19-6-8-20(9-7-19)22(32)15-35-26-29-28-25(5-4-12-27-18(3)31)30(26)21-10-11-23-24(14-21)34-16-33-23/h6-11,14,17H,4-5,12-13,15-16H2,1-3H3,(H,27,31). The van der Waals surface area contributed by atoms with Gasteiger partial charge in [-0.15, -0.1) is 10.2 Å². The van der Waals surface area contributed by atoms with E-state index >= 15 is 0 Å². The van der Waals surface area contributed by atoms with Crippen molar-refractivity contribution in [3.8, 4) is 17.2 Å². The van der Waals surface area contributed by atoms with E-state index < -0.39 is 0 Å². The topological polar surface area (TPSA) is 95.3 Å². The van der Waals surface area contributed by atoms with E-state index in [0.29, 0.717) is 47.5 Å². The number of aromatic nitrogens is 3. The van der Waals surface area contributed by atoms with Gasteiger partial charge in [-0.3, -0.25) is 14.2 Å². The molecule has 184 valence electrons. The van der Waals surface area contributed by atoms with Crippen LogP contribution in [0.15, 0.2) is 47.6 Å². The molecule has 8 nitrogen and oxygen atoms in total. The maximum atomic E-state index is 12.9. The first-order valence-corrected chi connectivity index (χ1v) is 12.7. The van der Waals surface area contributed by atoms with Crippen LogP contribution < -0.4 is 14.8 Å². The molecule has 1 N–H and O–H groups in total. The number of ketones is 1. The van der Waals surface area contributed by atoms with E-state index in [4.69, 9.17) is 9.47 Å². The largest absolute Gasteiger partial charge is 0.454 e. The summed E-state index contributed by atoms with van der Waals surface area (Å²) in [6, 6.07) is 13.5. The lowest BCUT2D eigenvalue weighted by molar-refractivity contribution is -0.118. The number of ether oxygens (including phenoxy) is 2. The van der Waals surface area contributed by atoms with Gasteiger partial charge in [0.15, 0.2) is 22.4 Å². The maximum absolute atomic E-state index is 12.9. The molecule has 35 heavy (non-hydrogen) atoms. The minimum Gasteiger partial charge on any atom is -0.454 e. The summed E-state index contributed by atoms with van der Waals surface area (Å²) in [6.45, 7) is 6.60. The second kappa shape index (κ2) is 11.4. The molecule has 2 aromatic carbocycles. The molecule has 1 amide bonds. The van der Waals surface area contributed by atoms with E-state index in [9.17, 15) is 9.59 Å². The Labute approximate surface area is 209 Å². The number of nitrogens with one attached hydrogen (secondary N) is 1. The lowest BCUT2D eigenvalue weighted by Gasteiger charge is -2.11. The Morgan fingerprint density at radius 1 is 1.09 bits per heavy atom. The molecule has 2 heterocycles. The number of thioether (sulfide) groups is 1. The van der Waals surface area contributed by atoms with Gasteiger partial charge in [-0.2, -0.15) is 0 Å². The Balaban J connectivity index is 1.50. The van der Waals surface area contributed by atoms with Gasteiger partial charge in [0.1, 0.15) is 5.82 Å². The molecule has 0 saturated heterocycles. The molecule has 0 unspecified atom stereocenters. The SMILES string of the molecule is CC(=O)NCCCc1nnc(SCC(=O)c2ccc(CC(C)C)cc2)n1-c1ccc2c(c1)OCO2. The van der Waals surface area contributed by atoms with Crippen LogP contribution in [0.25, 0.3) is 5.69 Å². The molecule has 0 aliphatic carbocycles. The second-order valence-electron chi connectivity index (χ2n) is 8.87. The molecule has 1 aromatic heterocycles. The van der Waals surface area contributed by atoms with E-state index in [1.807, 2.05) is 47.0 Å². The predicted octanol–water partition coefficient (Wildman–Crippen LogP) is 4.24. The number of hydrogen-bond acceptors (Lipinski definition) is 7. The van der Waals surface area contributed by atoms with Gasteiger partial charge in [-0.25, -0.2) is 0 Å². The Morgan fingerprint density at radius 2 is 1.86 bits per heavy atom. The molecule has 9 heteroatoms. The summed E-state index contributed by atoms with van der Waals surface area (Å²) >= 11 is 1.36. The first-order chi connectivity index (χ1) is 16.9. The lowest BCUT2D eigenvalue weighted by Crippen LogP contribution is -2.21. The summed E-state index contributed by atoms with van der Waals surface area (Å²) in [7, 11) is 0. The highest BCUT2D eigenvalue weighted by Crippen LogP contribution is 2.35. The third kappa shape index (κ3) is 6.42. The zero-order valence-corrected chi connectivity index (χ0v) is 21.1. The van der Waals surface area contributed by atoms with Crippen molar-refractivity contribution in [3.63, 3.8) is 0 Å². The molecular formula is C26H30N4O4S. The zero-order valence-electron chi connectivity index (χ0n) is 20.2. The number of carbonyl (C=O) groups excluding carboxylic acids is 2. The highest BCUT2D eigenvalue weighted by Gasteiger charge is 2.20. The van der Waals surface area contributed by atoms with Crippen molar-refractivity contribution >= 4 is 23.5 Å². The van der Waals surface area contributed by atoms with E-state index in [1.165, 1.54) is 24.2 Å². The van der Waals surface area contributed by atoms with Crippen LogP contribution in [0.5, 0.6) is 11.5 Å². The first kappa shape index (κ1) is 24.8. The number of benzene rings is 2. The van der Waals surface area contributed by atoms with Crippen LogP contribution in [0.1, 0.15) is 48.9 Å². The Bertz CT molecular complexity index is 1190. The minimum absolute atomic E-state index is 0.0403. The van der Waals surface area contributed by atoms with Gasteiger partial charge >= 0.3 is 0 Å². The second-order valence-corrected chi connectivity index (χ2v) is 9.81. The lowest BCUT2D eigenvalue weighted by atomic mass is 10.0. The summed E-state index contributed by atoms with van der Waals surface area (Å²) in [6.07, 6.45) is 2.33. The highest BCUT2D eigenvalue weighted by atomic mass is 32.2. The zero-order chi connectivity index (χ0) is 24.8. The molecule has 0 spiro atoms. The van der Waals surface area contributed by atoms with Crippen molar-refractivity contribution in [3.05, 3.63) is 59.4 Å². The summed E-state index contributed by atoms with van der Waals surface area (Å²) in [5, 5.41) is 12.2. The predicted molar refractivity (Wildman–Crippen MR) is 135 cm³/mol. The number of nitrogens with zero attached hydrogens (tertiary/aromatic N) is 3. The number of fused-ring (bicyclic) bond motifs is 1. The smallest absolute Gasteiger partial charge is 0.231 e. The fraction of sp³-hybridized carbons (Fsp3) is 0.385. The average molecular weight is 495 g/mol. The van der Waals surface area contributed by atoms with Crippen molar-refractivity contribution in [1.82, 2.24) is 20.1 Å². The van der Waals surface area contributed by atoms with E-state index in [-0.39, 0.29) is 24.2 Å². The maximum Gasteiger partial charge on any atom is 0.231 e. The molecule has 3 aromatic rings. The monoisotopic (exact) mass is 494 g/mol. The van der Waals surface area contributed by atoms with Gasteiger partial charge < -0.3 is 14.8 Å². The fourth-order valence-corrected chi connectivity index (χ4v) is 4.73. The van der Waals surface area contributed by atoms with Crippen molar-refractivity contribution in [2.24, 2.45) is 5.92 Å². The van der Waals surface area contributed by atoms with Gasteiger partial charge in [0.25, 0.3) is 0 Å². The number of rotatable bonds is 11. The fourth-order valence-electron chi connectivity index (χ4n) is 3.86. The van der Waals surface area contributed by atoms with Crippen LogP contribution in [0, 0.1) is 5.92 Å². The van der Waals surface area contributed by atoms with Crippen molar-refractivity contribution in [2.75, 3.05) is 19.1 Å². The molecule has 1 aliphatic rings. The Kier molecular flexibility index (Phi) is 8.07. The van der Waals surface area contributed by atoms with Crippen LogP contribution in [0.3, 0.4) is 0 Å². The molecule has 0 bridgehead atoms. The van der Waals surface area contributed by atoms with Gasteiger partial charge in [0.2, 0.25) is 12.7 Å². The highest BCUT2D eigenvalue weighted by molar-refractivity contribution is 7.99. The molecule has 0 radical (unpaired) electrons. The van der Waals surface area contributed by atoms with Gasteiger partial charge in [0.05, 0.1) is 11.4 Å². The number of Topliss-reactive ketones (excluding diaryl/α,β-unsaturated/α-hetero) is 1. The molecule has 0 atom stereocenters. The normalized spacial score (nSPS) is 12.2. The van der Waals surface area contributed by atoms with E-state index in [0.717, 1.165) is 17.9 Å². The van der Waals surface area contributed by atoms with Crippen LogP contribution in [-0.4, -0.2) is 45.5 Å². The third-order valence-electron chi connectivity index (χ3n) is 5.52. The Morgan fingerprint density at radius 3 is 2.60 bits per heavy atom. The molecular weight excluding hydrogens is 464 g/mol. The van der Waals surface area contributed by atoms with Crippen molar-refractivity contribution in [2.45, 2.75) is 45.2 Å². The minimum atomic E-state index is -0.0609. The van der Waals surface area contributed by atoms with Crippen molar-refractivity contribution < 1.29 is 19.1 Å². The van der Waals surface area contributed by atoms with Gasteiger partial charge in [0, 0.05) is 31.5 Å². The molecule has 1 aliphatic heterocycles. The van der Waals surface area contributed by atoms with Gasteiger partial charge in [-0.05, 0) is 36.5 Å². The summed E-state index contributed by atoms with van der Waals surface area (Å²) in [4.78, 5) is 24.1. The number of carbonyl (C=O) groups is 2. The molecule has 0 fully saturated rings. The van der Waals surface area contributed by atoms with Crippen LogP contribution in [0.2, 0.25) is 0 Å². The summed E-state index contributed by atoms with van der Waals surface area (Å²) in [5.41, 5.74) is 2.76. The van der Waals surface area contributed by atoms with Crippen LogP contribution in [0.4, 0.5) is 0 Å². The van der Waals surface area contributed by atoms with Crippen LogP contribution in [-0.2, 0) is 17.6 Å². The number of hydrogen-bond donors (Lipinski definition) is 1. The number of aryl methyl sites for hydroxylation is 1. The van der Waals surface area contributed by atoms with E-state index in [1.54, 1.807) is 0 Å². The quantitative estimate of drug-likeness (QED) is 0.242. The van der Waals surface area contributed by atoms with Crippen molar-refractivity contribution in [1.29, 1.82) is 0 Å². The van der Waals surface area contributed by atoms with Crippen LogP contribution >= 0.6 is 11.8 Å². The summed E-state index contributed by atoms with van der Waals surface area (Å²) < 4.78 is 12.9.